The average molecular weight is 445 g/mol. The van der Waals surface area contributed by atoms with Crippen molar-refractivity contribution in [3.05, 3.63) is 60.7 Å². The molecule has 0 aliphatic rings. The van der Waals surface area contributed by atoms with Gasteiger partial charge in [0.25, 0.3) is 8.32 Å². The highest BCUT2D eigenvalue weighted by Gasteiger charge is 2.49. The van der Waals surface area contributed by atoms with Gasteiger partial charge in [-0.2, -0.15) is 11.8 Å². The van der Waals surface area contributed by atoms with Crippen LogP contribution in [0, 0.1) is 0 Å². The molecule has 30 heavy (non-hydrogen) atoms. The van der Waals surface area contributed by atoms with E-state index in [4.69, 9.17) is 9.53 Å². The lowest BCUT2D eigenvalue weighted by Gasteiger charge is -2.43. The zero-order valence-corrected chi connectivity index (χ0v) is 20.9. The second kappa shape index (κ2) is 13.4. The third-order valence-corrected chi connectivity index (χ3v) is 11.8. The Morgan fingerprint density at radius 1 is 0.733 bits per heavy atom. The van der Waals surface area contributed by atoms with Gasteiger partial charge in [0, 0.05) is 13.2 Å². The van der Waals surface area contributed by atoms with Crippen LogP contribution in [-0.4, -0.2) is 38.1 Å². The number of benzene rings is 2. The second-order valence-corrected chi connectivity index (χ2v) is 14.5. The first-order valence-electron chi connectivity index (χ1n) is 11.5. The molecule has 0 aliphatic carbocycles. The molecule has 0 aliphatic heterocycles. The van der Waals surface area contributed by atoms with Crippen molar-refractivity contribution in [2.24, 2.45) is 0 Å². The Morgan fingerprint density at radius 2 is 1.23 bits per heavy atom. The topological polar surface area (TPSA) is 29.5 Å². The van der Waals surface area contributed by atoms with Crippen LogP contribution in [0.5, 0.6) is 0 Å². The Kier molecular flexibility index (Phi) is 11.2. The Labute approximate surface area is 189 Å². The fourth-order valence-corrected chi connectivity index (χ4v) is 9.69. The van der Waals surface area contributed by atoms with Crippen LogP contribution in [0.3, 0.4) is 0 Å². The first-order valence-corrected chi connectivity index (χ1v) is 14.5. The standard InChI is InChI=1S/C26H40O2SSi/c1-26(2,3)30(24-16-8-6-9-17-24,25-18-10-7-11-19-25)28-21-13-4-5-14-22-29-23-15-12-20-27/h6-11,16-19,27H,4-5,12-15,20-23H2,1-3H3. The molecule has 2 aromatic rings. The Hall–Kier alpha value is -1.07. The van der Waals surface area contributed by atoms with Crippen molar-refractivity contribution < 1.29 is 9.53 Å². The molecular formula is C26H40O2SSi. The summed E-state index contributed by atoms with van der Waals surface area (Å²) >= 11 is 2.02. The third-order valence-electron chi connectivity index (χ3n) is 5.62. The van der Waals surface area contributed by atoms with Crippen LogP contribution < -0.4 is 10.4 Å². The van der Waals surface area contributed by atoms with Gasteiger partial charge in [0.1, 0.15) is 0 Å². The normalized spacial score (nSPS) is 12.3. The lowest BCUT2D eigenvalue weighted by atomic mass is 10.2. The van der Waals surface area contributed by atoms with Crippen LogP contribution in [-0.2, 0) is 4.43 Å². The minimum atomic E-state index is -2.37. The van der Waals surface area contributed by atoms with E-state index in [0.29, 0.717) is 6.61 Å². The summed E-state index contributed by atoms with van der Waals surface area (Å²) < 4.78 is 6.95. The van der Waals surface area contributed by atoms with Crippen molar-refractivity contribution >= 4 is 30.5 Å². The molecule has 4 heteroatoms. The fourth-order valence-electron chi connectivity index (χ4n) is 4.06. The molecule has 0 bridgehead atoms. The Morgan fingerprint density at radius 3 is 1.73 bits per heavy atom. The summed E-state index contributed by atoms with van der Waals surface area (Å²) in [6.45, 7) is 8.18. The summed E-state index contributed by atoms with van der Waals surface area (Å²) in [5.74, 6) is 2.42. The summed E-state index contributed by atoms with van der Waals surface area (Å²) in [4.78, 5) is 0. The Balaban J connectivity index is 1.94. The monoisotopic (exact) mass is 444 g/mol. The van der Waals surface area contributed by atoms with Crippen LogP contribution in [0.1, 0.15) is 59.3 Å². The zero-order chi connectivity index (χ0) is 21.7. The second-order valence-electron chi connectivity index (χ2n) is 8.97. The number of aliphatic hydroxyl groups excluding tert-OH is 1. The molecule has 0 saturated carbocycles. The molecule has 0 fully saturated rings. The Bertz CT molecular complexity index is 646. The molecule has 0 atom stereocenters. The lowest BCUT2D eigenvalue weighted by Crippen LogP contribution is -2.66. The third kappa shape index (κ3) is 7.26. The van der Waals surface area contributed by atoms with Crippen LogP contribution in [0.15, 0.2) is 60.7 Å². The highest BCUT2D eigenvalue weighted by Crippen LogP contribution is 2.36. The predicted octanol–water partition coefficient (Wildman–Crippen LogP) is 5.63. The molecule has 0 amide bonds. The highest BCUT2D eigenvalue weighted by atomic mass is 32.2. The molecule has 0 aromatic heterocycles. The van der Waals surface area contributed by atoms with Gasteiger partial charge in [0.2, 0.25) is 0 Å². The minimum absolute atomic E-state index is 0.0565. The van der Waals surface area contributed by atoms with Gasteiger partial charge < -0.3 is 9.53 Å². The van der Waals surface area contributed by atoms with E-state index in [0.717, 1.165) is 25.9 Å². The molecule has 0 saturated heterocycles. The number of unbranched alkanes of at least 4 members (excludes halogenated alkanes) is 4. The molecule has 0 unspecified atom stereocenters. The maximum Gasteiger partial charge on any atom is 0.261 e. The van der Waals surface area contributed by atoms with Crippen molar-refractivity contribution in [3.63, 3.8) is 0 Å². The summed E-state index contributed by atoms with van der Waals surface area (Å²) in [6.07, 6.45) is 6.98. The molecular weight excluding hydrogens is 404 g/mol. The number of rotatable bonds is 14. The summed E-state index contributed by atoms with van der Waals surface area (Å²) in [5, 5.41) is 11.6. The maximum atomic E-state index is 8.82. The van der Waals surface area contributed by atoms with Crippen LogP contribution in [0.25, 0.3) is 0 Å². The van der Waals surface area contributed by atoms with E-state index in [1.54, 1.807) is 0 Å². The molecule has 166 valence electrons. The van der Waals surface area contributed by atoms with Gasteiger partial charge in [-0.05, 0) is 52.6 Å². The lowest BCUT2D eigenvalue weighted by molar-refractivity contribution is 0.287. The fraction of sp³-hybridized carbons (Fsp3) is 0.538. The van der Waals surface area contributed by atoms with E-state index < -0.39 is 8.32 Å². The van der Waals surface area contributed by atoms with Gasteiger partial charge in [0.15, 0.2) is 0 Å². The van der Waals surface area contributed by atoms with E-state index in [-0.39, 0.29) is 5.04 Å². The molecule has 2 nitrogen and oxygen atoms in total. The van der Waals surface area contributed by atoms with Gasteiger partial charge in [-0.1, -0.05) is 94.3 Å². The van der Waals surface area contributed by atoms with Gasteiger partial charge in [-0.25, -0.2) is 0 Å². The van der Waals surface area contributed by atoms with Gasteiger partial charge in [0.05, 0.1) is 0 Å². The SMILES string of the molecule is CC(C)(C)[Si](OCCCCCCSCCCCO)(c1ccccc1)c1ccccc1. The summed E-state index contributed by atoms with van der Waals surface area (Å²) in [7, 11) is -2.37. The van der Waals surface area contributed by atoms with Crippen molar-refractivity contribution in [3.8, 4) is 0 Å². The highest BCUT2D eigenvalue weighted by molar-refractivity contribution is 7.99. The van der Waals surface area contributed by atoms with E-state index >= 15 is 0 Å². The first-order chi connectivity index (χ1) is 14.5. The molecule has 1 N–H and O–H groups in total. The molecule has 2 rings (SSSR count). The predicted molar refractivity (Wildman–Crippen MR) is 136 cm³/mol. The summed E-state index contributed by atoms with van der Waals surface area (Å²) in [5.41, 5.74) is 0. The van der Waals surface area contributed by atoms with Crippen LogP contribution >= 0.6 is 11.8 Å². The van der Waals surface area contributed by atoms with Crippen molar-refractivity contribution in [2.45, 2.75) is 64.3 Å². The van der Waals surface area contributed by atoms with Crippen molar-refractivity contribution in [1.82, 2.24) is 0 Å². The van der Waals surface area contributed by atoms with Crippen molar-refractivity contribution in [1.29, 1.82) is 0 Å². The summed E-state index contributed by atoms with van der Waals surface area (Å²) in [6, 6.07) is 21.8. The number of hydrogen-bond acceptors (Lipinski definition) is 3. The van der Waals surface area contributed by atoms with E-state index in [9.17, 15) is 0 Å². The largest absolute Gasteiger partial charge is 0.407 e. The molecule has 0 radical (unpaired) electrons. The quantitative estimate of drug-likeness (QED) is 0.302. The van der Waals surface area contributed by atoms with Gasteiger partial charge in [-0.3, -0.25) is 0 Å². The number of aliphatic hydroxyl groups is 1. The van der Waals surface area contributed by atoms with Gasteiger partial charge >= 0.3 is 0 Å². The smallest absolute Gasteiger partial charge is 0.261 e. The average Bonchev–Trinajstić information content (AvgIpc) is 2.75. The van der Waals surface area contributed by atoms with Crippen LogP contribution in [0.2, 0.25) is 5.04 Å². The molecule has 0 heterocycles. The molecule has 0 spiro atoms. The number of hydrogen-bond donors (Lipinski definition) is 1. The van der Waals surface area contributed by atoms with E-state index in [1.807, 2.05) is 11.8 Å². The minimum Gasteiger partial charge on any atom is -0.407 e. The van der Waals surface area contributed by atoms with Crippen molar-refractivity contribution in [2.75, 3.05) is 24.7 Å². The van der Waals surface area contributed by atoms with Gasteiger partial charge in [-0.15, -0.1) is 0 Å². The zero-order valence-electron chi connectivity index (χ0n) is 19.1. The van der Waals surface area contributed by atoms with E-state index in [2.05, 4.69) is 81.4 Å². The molecule has 2 aromatic carbocycles. The van der Waals surface area contributed by atoms with E-state index in [1.165, 1.54) is 41.1 Å². The maximum absolute atomic E-state index is 8.82. The number of thioether (sulfide) groups is 1. The van der Waals surface area contributed by atoms with Crippen LogP contribution in [0.4, 0.5) is 0 Å². The first kappa shape index (κ1) is 25.2.